The Morgan fingerprint density at radius 2 is 1.93 bits per heavy atom. The van der Waals surface area contributed by atoms with Crippen molar-refractivity contribution in [2.75, 3.05) is 0 Å². The highest BCUT2D eigenvalue weighted by atomic mass is 32.1. The Hall–Kier alpha value is -1.81. The van der Waals surface area contributed by atoms with Crippen LogP contribution in [-0.2, 0) is 0 Å². The fraction of sp³-hybridized carbons (Fsp3) is 0. The molecule has 0 aliphatic heterocycles. The fourth-order valence-corrected chi connectivity index (χ4v) is 2.17. The molecule has 15 heavy (non-hydrogen) atoms. The van der Waals surface area contributed by atoms with Crippen molar-refractivity contribution in [3.05, 3.63) is 40.6 Å². The summed E-state index contributed by atoms with van der Waals surface area (Å²) in [6.45, 7) is 0. The third-order valence-electron chi connectivity index (χ3n) is 2.08. The molecule has 2 aromatic rings. The summed E-state index contributed by atoms with van der Waals surface area (Å²) >= 11 is 1.28. The molecule has 0 atom stereocenters. The van der Waals surface area contributed by atoms with E-state index in [1.54, 1.807) is 35.7 Å². The van der Waals surface area contributed by atoms with Crippen LogP contribution in [-0.4, -0.2) is 11.0 Å². The van der Waals surface area contributed by atoms with Crippen LogP contribution >= 0.6 is 11.3 Å². The summed E-state index contributed by atoms with van der Waals surface area (Å²) < 4.78 is 0. The lowest BCUT2D eigenvalue weighted by atomic mass is 10.1. The first-order valence-corrected chi connectivity index (χ1v) is 5.24. The first kappa shape index (κ1) is 9.73. The minimum atomic E-state index is -0.469. The van der Waals surface area contributed by atoms with Crippen LogP contribution in [0.3, 0.4) is 0 Å². The minimum Gasteiger partial charge on any atom is -0.507 e. The molecule has 76 valence electrons. The van der Waals surface area contributed by atoms with Gasteiger partial charge in [-0.15, -0.1) is 11.3 Å². The maximum atomic E-state index is 11.1. The summed E-state index contributed by atoms with van der Waals surface area (Å²) in [5.74, 6) is -0.318. The predicted octanol–water partition coefficient (Wildman–Crippen LogP) is 2.22. The van der Waals surface area contributed by atoms with Crippen LogP contribution < -0.4 is 5.73 Å². The molecule has 1 aromatic carbocycles. The molecular formula is C11H9NO2S. The molecule has 3 nitrogen and oxygen atoms in total. The maximum Gasteiger partial charge on any atom is 0.259 e. The number of phenols is 1. The zero-order valence-corrected chi connectivity index (χ0v) is 8.62. The van der Waals surface area contributed by atoms with Crippen LogP contribution in [0.5, 0.6) is 5.75 Å². The van der Waals surface area contributed by atoms with Crippen LogP contribution in [0.25, 0.3) is 11.1 Å². The van der Waals surface area contributed by atoms with Gasteiger partial charge in [-0.25, -0.2) is 0 Å². The Morgan fingerprint density at radius 1 is 1.20 bits per heavy atom. The van der Waals surface area contributed by atoms with E-state index in [-0.39, 0.29) is 5.75 Å². The summed E-state index contributed by atoms with van der Waals surface area (Å²) in [7, 11) is 0. The second kappa shape index (κ2) is 3.74. The molecule has 4 heteroatoms. The number of amides is 1. The number of nitrogens with two attached hydrogens (primary N) is 1. The first-order chi connectivity index (χ1) is 7.20. The van der Waals surface area contributed by atoms with Gasteiger partial charge in [-0.1, -0.05) is 18.2 Å². The van der Waals surface area contributed by atoms with Gasteiger partial charge in [0, 0.05) is 11.1 Å². The Bertz CT molecular complexity index is 505. The van der Waals surface area contributed by atoms with Crippen LogP contribution in [0.15, 0.2) is 35.7 Å². The average molecular weight is 219 g/mol. The van der Waals surface area contributed by atoms with Gasteiger partial charge in [0.15, 0.2) is 0 Å². The van der Waals surface area contributed by atoms with E-state index in [1.165, 1.54) is 11.3 Å². The lowest BCUT2D eigenvalue weighted by Gasteiger charge is -2.03. The van der Waals surface area contributed by atoms with Gasteiger partial charge in [0.05, 0.1) is 4.88 Å². The Morgan fingerprint density at radius 3 is 2.60 bits per heavy atom. The lowest BCUT2D eigenvalue weighted by Crippen LogP contribution is -2.09. The average Bonchev–Trinajstić information content (AvgIpc) is 2.67. The van der Waals surface area contributed by atoms with Crippen LogP contribution in [0.4, 0.5) is 0 Å². The maximum absolute atomic E-state index is 11.1. The van der Waals surface area contributed by atoms with E-state index >= 15 is 0 Å². The molecule has 0 aliphatic carbocycles. The summed E-state index contributed by atoms with van der Waals surface area (Å²) in [6, 6.07) is 8.65. The zero-order chi connectivity index (χ0) is 10.8. The van der Waals surface area contributed by atoms with Gasteiger partial charge >= 0.3 is 0 Å². The van der Waals surface area contributed by atoms with Gasteiger partial charge in [0.2, 0.25) is 0 Å². The molecular weight excluding hydrogens is 210 g/mol. The Balaban J connectivity index is 2.59. The number of primary amides is 1. The second-order valence-corrected chi connectivity index (χ2v) is 3.96. The molecule has 0 radical (unpaired) electrons. The first-order valence-electron chi connectivity index (χ1n) is 4.36. The molecule has 0 fully saturated rings. The predicted molar refractivity (Wildman–Crippen MR) is 59.9 cm³/mol. The van der Waals surface area contributed by atoms with Crippen molar-refractivity contribution in [3.63, 3.8) is 0 Å². The molecule has 0 saturated carbocycles. The van der Waals surface area contributed by atoms with Gasteiger partial charge in [0.1, 0.15) is 5.75 Å². The van der Waals surface area contributed by atoms with Gasteiger partial charge in [-0.3, -0.25) is 4.79 Å². The molecule has 1 heterocycles. The van der Waals surface area contributed by atoms with Gasteiger partial charge < -0.3 is 10.8 Å². The molecule has 2 rings (SSSR count). The zero-order valence-electron chi connectivity index (χ0n) is 7.81. The number of benzene rings is 1. The van der Waals surface area contributed by atoms with Crippen LogP contribution in [0.1, 0.15) is 9.67 Å². The molecule has 0 saturated heterocycles. The summed E-state index contributed by atoms with van der Waals surface area (Å²) in [5.41, 5.74) is 6.55. The van der Waals surface area contributed by atoms with E-state index in [4.69, 9.17) is 5.73 Å². The monoisotopic (exact) mass is 219 g/mol. The highest BCUT2D eigenvalue weighted by molar-refractivity contribution is 7.12. The smallest absolute Gasteiger partial charge is 0.259 e. The van der Waals surface area contributed by atoms with Crippen molar-refractivity contribution in [1.82, 2.24) is 0 Å². The summed E-state index contributed by atoms with van der Waals surface area (Å²) in [6.07, 6.45) is 0. The number of aromatic hydroxyl groups is 1. The normalized spacial score (nSPS) is 10.1. The van der Waals surface area contributed by atoms with Crippen LogP contribution in [0, 0.1) is 0 Å². The largest absolute Gasteiger partial charge is 0.507 e. The fourth-order valence-electron chi connectivity index (χ4n) is 1.41. The van der Waals surface area contributed by atoms with Crippen molar-refractivity contribution in [2.24, 2.45) is 5.73 Å². The molecule has 0 bridgehead atoms. The van der Waals surface area contributed by atoms with Crippen LogP contribution in [0.2, 0.25) is 0 Å². The highest BCUT2D eigenvalue weighted by Gasteiger charge is 2.13. The Kier molecular flexibility index (Phi) is 2.43. The van der Waals surface area contributed by atoms with Crippen molar-refractivity contribution in [2.45, 2.75) is 0 Å². The number of rotatable bonds is 2. The SMILES string of the molecule is NC(=O)c1sccc1-c1ccccc1O. The number of carbonyl (C=O) groups is 1. The van der Waals surface area contributed by atoms with Crippen molar-refractivity contribution in [3.8, 4) is 16.9 Å². The number of phenolic OH excluding ortho intramolecular Hbond substituents is 1. The van der Waals surface area contributed by atoms with E-state index in [0.29, 0.717) is 16.0 Å². The van der Waals surface area contributed by atoms with E-state index < -0.39 is 5.91 Å². The number of carbonyl (C=O) groups excluding carboxylic acids is 1. The number of hydrogen-bond donors (Lipinski definition) is 2. The van der Waals surface area contributed by atoms with Crippen molar-refractivity contribution < 1.29 is 9.90 Å². The highest BCUT2D eigenvalue weighted by Crippen LogP contribution is 2.33. The standard InChI is InChI=1S/C11H9NO2S/c12-11(14)10-8(5-6-15-10)7-3-1-2-4-9(7)13/h1-6,13H,(H2,12,14). The number of hydrogen-bond acceptors (Lipinski definition) is 3. The molecule has 0 unspecified atom stereocenters. The van der Waals surface area contributed by atoms with Gasteiger partial charge in [-0.05, 0) is 17.5 Å². The lowest BCUT2D eigenvalue weighted by molar-refractivity contribution is 0.100. The third-order valence-corrected chi connectivity index (χ3v) is 3.01. The Labute approximate surface area is 90.8 Å². The molecule has 1 aromatic heterocycles. The van der Waals surface area contributed by atoms with E-state index in [2.05, 4.69) is 0 Å². The van der Waals surface area contributed by atoms with Crippen molar-refractivity contribution >= 4 is 17.2 Å². The van der Waals surface area contributed by atoms with E-state index in [9.17, 15) is 9.90 Å². The summed E-state index contributed by atoms with van der Waals surface area (Å²) in [4.78, 5) is 11.6. The summed E-state index contributed by atoms with van der Waals surface area (Å²) in [5, 5.41) is 11.4. The van der Waals surface area contributed by atoms with Crippen molar-refractivity contribution in [1.29, 1.82) is 0 Å². The quantitative estimate of drug-likeness (QED) is 0.813. The number of thiophene rings is 1. The molecule has 3 N–H and O–H groups in total. The molecule has 1 amide bonds. The third kappa shape index (κ3) is 1.71. The second-order valence-electron chi connectivity index (χ2n) is 3.04. The molecule has 0 aliphatic rings. The minimum absolute atomic E-state index is 0.151. The van der Waals surface area contributed by atoms with E-state index in [1.807, 2.05) is 0 Å². The van der Waals surface area contributed by atoms with Gasteiger partial charge in [0.25, 0.3) is 5.91 Å². The molecule has 0 spiro atoms. The van der Waals surface area contributed by atoms with E-state index in [0.717, 1.165) is 0 Å². The van der Waals surface area contributed by atoms with Gasteiger partial charge in [-0.2, -0.15) is 0 Å². The number of para-hydroxylation sites is 1. The topological polar surface area (TPSA) is 63.3 Å².